The van der Waals surface area contributed by atoms with Crippen molar-refractivity contribution in [3.63, 3.8) is 0 Å². The Morgan fingerprint density at radius 2 is 1.62 bits per heavy atom. The zero-order chi connectivity index (χ0) is 23.3. The van der Waals surface area contributed by atoms with E-state index in [0.717, 1.165) is 22.5 Å². The summed E-state index contributed by atoms with van der Waals surface area (Å²) in [6, 6.07) is 20.8. The molecule has 0 aliphatic carbocycles. The Morgan fingerprint density at radius 3 is 2.31 bits per heavy atom. The van der Waals surface area contributed by atoms with Gasteiger partial charge in [-0.3, -0.25) is 14.2 Å². The van der Waals surface area contributed by atoms with Crippen molar-refractivity contribution < 1.29 is 4.79 Å². The normalized spacial score (nSPS) is 10.4. The minimum Gasteiger partial charge on any atom is -0.326 e. The lowest BCUT2D eigenvalue weighted by atomic mass is 10.1. The first-order chi connectivity index (χ1) is 15.4. The molecule has 0 saturated heterocycles. The predicted octanol–water partition coefficient (Wildman–Crippen LogP) is 5.52. The summed E-state index contributed by atoms with van der Waals surface area (Å²) in [6.45, 7) is 9.76. The number of carbonyl (C=O) groups is 1. The van der Waals surface area contributed by atoms with Crippen LogP contribution in [-0.2, 0) is 11.2 Å². The molecule has 0 unspecified atom stereocenters. The van der Waals surface area contributed by atoms with Crippen molar-refractivity contribution in [2.24, 2.45) is 0 Å². The lowest BCUT2D eigenvalue weighted by molar-refractivity contribution is -0.115. The highest BCUT2D eigenvalue weighted by Crippen LogP contribution is 2.20. The fraction of sp³-hybridized carbons (Fsp3) is 0.222. The maximum Gasteiger partial charge on any atom is 0.265 e. The number of aromatic nitrogens is 2. The molecule has 0 aliphatic heterocycles. The summed E-state index contributed by atoms with van der Waals surface area (Å²) in [4.78, 5) is 30.0. The monoisotopic (exact) mass is 427 g/mol. The van der Waals surface area contributed by atoms with E-state index in [1.165, 1.54) is 5.56 Å². The molecule has 32 heavy (non-hydrogen) atoms. The molecule has 1 aromatic heterocycles. The summed E-state index contributed by atoms with van der Waals surface area (Å²) in [5, 5.41) is 3.55. The first-order valence-electron chi connectivity index (χ1n) is 10.9. The summed E-state index contributed by atoms with van der Waals surface area (Å²) in [7, 11) is 0. The molecule has 1 amide bonds. The average molecular weight is 428 g/mol. The number of nitrogens with zero attached hydrogens (tertiary/aromatic N) is 2. The van der Waals surface area contributed by atoms with Gasteiger partial charge in [-0.05, 0) is 62.2 Å². The summed E-state index contributed by atoms with van der Waals surface area (Å²) < 4.78 is 1.60. The number of fused-ring (bicyclic) bond motifs is 1. The van der Waals surface area contributed by atoms with E-state index in [0.29, 0.717) is 23.1 Å². The summed E-state index contributed by atoms with van der Waals surface area (Å²) in [5.41, 5.74) is 5.06. The van der Waals surface area contributed by atoms with Crippen molar-refractivity contribution in [3.05, 3.63) is 99.6 Å². The fourth-order valence-electron chi connectivity index (χ4n) is 3.56. The van der Waals surface area contributed by atoms with Crippen molar-refractivity contribution in [1.82, 2.24) is 9.55 Å². The van der Waals surface area contributed by atoms with Crippen LogP contribution >= 0.6 is 0 Å². The Hall–Kier alpha value is -3.73. The van der Waals surface area contributed by atoms with Crippen LogP contribution in [0.2, 0.25) is 0 Å². The Kier molecular flexibility index (Phi) is 7.21. The minimum atomic E-state index is -0.103. The molecular formula is C27H29N3O2. The van der Waals surface area contributed by atoms with Crippen LogP contribution in [0.5, 0.6) is 0 Å². The van der Waals surface area contributed by atoms with Gasteiger partial charge in [0, 0.05) is 5.69 Å². The number of carbonyl (C=O) groups excluding carboxylic acids is 1. The summed E-state index contributed by atoms with van der Waals surface area (Å²) >= 11 is 0. The highest BCUT2D eigenvalue weighted by Gasteiger charge is 2.12. The average Bonchev–Trinajstić information content (AvgIpc) is 2.78. The smallest absolute Gasteiger partial charge is 0.265 e. The van der Waals surface area contributed by atoms with Gasteiger partial charge in [0.2, 0.25) is 5.91 Å². The lowest BCUT2D eigenvalue weighted by Gasteiger charge is -2.14. The van der Waals surface area contributed by atoms with E-state index in [4.69, 9.17) is 0 Å². The third-order valence-electron chi connectivity index (χ3n) is 5.17. The van der Waals surface area contributed by atoms with Gasteiger partial charge in [-0.1, -0.05) is 55.8 Å². The topological polar surface area (TPSA) is 64.0 Å². The molecule has 0 bridgehead atoms. The van der Waals surface area contributed by atoms with Crippen LogP contribution in [0.3, 0.4) is 0 Å². The van der Waals surface area contributed by atoms with Crippen LogP contribution in [0, 0.1) is 20.8 Å². The van der Waals surface area contributed by atoms with Gasteiger partial charge in [-0.15, -0.1) is 0 Å². The number of aryl methyl sites for hydroxylation is 3. The van der Waals surface area contributed by atoms with Gasteiger partial charge >= 0.3 is 0 Å². The number of para-hydroxylation sites is 1. The fourth-order valence-corrected chi connectivity index (χ4v) is 3.56. The van der Waals surface area contributed by atoms with Crippen LogP contribution in [0.4, 0.5) is 5.69 Å². The molecule has 0 aliphatic rings. The molecule has 1 heterocycles. The second-order valence-corrected chi connectivity index (χ2v) is 7.53. The summed E-state index contributed by atoms with van der Waals surface area (Å²) in [6.07, 6.45) is 0.314. The Balaban J connectivity index is 0.00000141. The van der Waals surface area contributed by atoms with Crippen LogP contribution in [0.15, 0.2) is 71.5 Å². The first-order valence-corrected chi connectivity index (χ1v) is 10.9. The highest BCUT2D eigenvalue weighted by atomic mass is 16.1. The van der Waals surface area contributed by atoms with Gasteiger partial charge in [0.05, 0.1) is 23.0 Å². The van der Waals surface area contributed by atoms with E-state index in [1.54, 1.807) is 10.6 Å². The van der Waals surface area contributed by atoms with Crippen LogP contribution in [0.1, 0.15) is 36.4 Å². The zero-order valence-corrected chi connectivity index (χ0v) is 19.3. The quantitative estimate of drug-likeness (QED) is 0.466. The van der Waals surface area contributed by atoms with E-state index < -0.39 is 0 Å². The predicted molar refractivity (Wildman–Crippen MR) is 132 cm³/mol. The van der Waals surface area contributed by atoms with Crippen LogP contribution < -0.4 is 10.9 Å². The van der Waals surface area contributed by atoms with Crippen LogP contribution in [-0.4, -0.2) is 15.5 Å². The molecule has 1 N–H and O–H groups in total. The zero-order valence-electron chi connectivity index (χ0n) is 19.3. The molecule has 3 aromatic carbocycles. The van der Waals surface area contributed by atoms with Crippen molar-refractivity contribution in [2.45, 2.75) is 41.0 Å². The van der Waals surface area contributed by atoms with Crippen molar-refractivity contribution >= 4 is 22.5 Å². The van der Waals surface area contributed by atoms with Crippen molar-refractivity contribution in [2.75, 3.05) is 5.32 Å². The molecule has 0 atom stereocenters. The van der Waals surface area contributed by atoms with Crippen molar-refractivity contribution in [3.8, 4) is 5.69 Å². The van der Waals surface area contributed by atoms with E-state index in [1.807, 2.05) is 95.3 Å². The second-order valence-electron chi connectivity index (χ2n) is 7.53. The molecule has 164 valence electrons. The van der Waals surface area contributed by atoms with Gasteiger partial charge in [-0.2, -0.15) is 0 Å². The van der Waals surface area contributed by atoms with Gasteiger partial charge in [-0.25, -0.2) is 4.98 Å². The number of rotatable bonds is 4. The number of nitrogens with one attached hydrogen (secondary N) is 1. The maximum atomic E-state index is 13.0. The van der Waals surface area contributed by atoms with E-state index in [2.05, 4.69) is 10.3 Å². The SMILES string of the molecule is CC.Cc1ccc(CC(=O)Nc2ccc(-n3c(C)nc4ccccc4c3=O)cc2C)cc1. The Labute approximate surface area is 188 Å². The molecule has 4 rings (SSSR count). The van der Waals surface area contributed by atoms with E-state index in [9.17, 15) is 9.59 Å². The van der Waals surface area contributed by atoms with Crippen LogP contribution in [0.25, 0.3) is 16.6 Å². The highest BCUT2D eigenvalue weighted by molar-refractivity contribution is 5.93. The van der Waals surface area contributed by atoms with E-state index >= 15 is 0 Å². The van der Waals surface area contributed by atoms with Gasteiger partial charge in [0.15, 0.2) is 0 Å². The van der Waals surface area contributed by atoms with Gasteiger partial charge in [0.25, 0.3) is 5.56 Å². The number of hydrogen-bond donors (Lipinski definition) is 1. The lowest BCUT2D eigenvalue weighted by Crippen LogP contribution is -2.22. The molecule has 0 spiro atoms. The van der Waals surface area contributed by atoms with Crippen molar-refractivity contribution in [1.29, 1.82) is 0 Å². The number of anilines is 1. The standard InChI is InChI=1S/C25H23N3O2.C2H6/c1-16-8-10-19(11-9-16)15-24(29)27-22-13-12-20(14-17(22)2)28-18(3)26-23-7-5-4-6-21(23)25(28)30;1-2/h4-14H,15H2,1-3H3,(H,27,29);1-2H3. The van der Waals surface area contributed by atoms with Gasteiger partial charge in [0.1, 0.15) is 5.82 Å². The molecule has 0 radical (unpaired) electrons. The Morgan fingerprint density at radius 1 is 0.938 bits per heavy atom. The third kappa shape index (κ3) is 4.94. The molecule has 5 heteroatoms. The number of benzene rings is 3. The molecule has 0 fully saturated rings. The Bertz CT molecular complexity index is 1310. The first kappa shape index (κ1) is 22.9. The van der Waals surface area contributed by atoms with Gasteiger partial charge < -0.3 is 5.32 Å². The summed E-state index contributed by atoms with van der Waals surface area (Å²) in [5.74, 6) is 0.546. The second kappa shape index (κ2) is 10.1. The molecule has 4 aromatic rings. The maximum absolute atomic E-state index is 13.0. The number of amides is 1. The van der Waals surface area contributed by atoms with E-state index in [-0.39, 0.29) is 11.5 Å². The largest absolute Gasteiger partial charge is 0.326 e. The molecular weight excluding hydrogens is 398 g/mol. The minimum absolute atomic E-state index is 0.0737. The molecule has 0 saturated carbocycles. The third-order valence-corrected chi connectivity index (χ3v) is 5.17. The molecule has 5 nitrogen and oxygen atoms in total. The number of hydrogen-bond acceptors (Lipinski definition) is 3.